The average Bonchev–Trinajstić information content (AvgIpc) is 3.84. The van der Waals surface area contributed by atoms with E-state index in [0.29, 0.717) is 35.9 Å². The number of phenolic OH excluding ortho intramolecular Hbond substituents is 1. The topological polar surface area (TPSA) is 187 Å². The van der Waals surface area contributed by atoms with Crippen molar-refractivity contribution in [3.63, 3.8) is 0 Å². The van der Waals surface area contributed by atoms with E-state index in [4.69, 9.17) is 0 Å². The number of β-amino-alcohol motifs (C(OH)–C–C–N with tert-alkyl or cyclic N) is 1. The molecule has 5 aromatic rings. The minimum Gasteiger partial charge on any atom is -0.505 e. The van der Waals surface area contributed by atoms with Gasteiger partial charge in [0.05, 0.1) is 28.2 Å². The average molecular weight is 820 g/mol. The van der Waals surface area contributed by atoms with E-state index in [1.54, 1.807) is 36.0 Å². The van der Waals surface area contributed by atoms with Crippen LogP contribution >= 0.6 is 11.3 Å². The smallest absolute Gasteiger partial charge is 0.246 e. The number of hydrogen-bond donors (Lipinski definition) is 5. The van der Waals surface area contributed by atoms with Gasteiger partial charge < -0.3 is 31.1 Å². The first-order valence-corrected chi connectivity index (χ1v) is 20.9. The zero-order valence-corrected chi connectivity index (χ0v) is 35.0. The predicted molar refractivity (Wildman–Crippen MR) is 227 cm³/mol. The summed E-state index contributed by atoms with van der Waals surface area (Å²) in [7, 11) is 0. The second-order valence-corrected chi connectivity index (χ2v) is 17.2. The summed E-state index contributed by atoms with van der Waals surface area (Å²) in [6, 6.07) is 14.6. The molecule has 0 aliphatic carbocycles. The molecule has 4 heterocycles. The van der Waals surface area contributed by atoms with Crippen molar-refractivity contribution < 1.29 is 29.4 Å². The lowest BCUT2D eigenvalue weighted by Crippen LogP contribution is -2.57. The van der Waals surface area contributed by atoms with Crippen molar-refractivity contribution in [2.75, 3.05) is 6.54 Å². The quantitative estimate of drug-likeness (QED) is 0.0786. The van der Waals surface area contributed by atoms with Gasteiger partial charge in [-0.3, -0.25) is 29.1 Å². The second kappa shape index (κ2) is 18.9. The number of amides is 4. The molecule has 1 aliphatic heterocycles. The van der Waals surface area contributed by atoms with Crippen LogP contribution in [-0.2, 0) is 25.7 Å². The number of pyridine rings is 2. The lowest BCUT2D eigenvalue weighted by Gasteiger charge is -2.35. The summed E-state index contributed by atoms with van der Waals surface area (Å²) < 4.78 is 0. The molecule has 1 unspecified atom stereocenters. The van der Waals surface area contributed by atoms with Gasteiger partial charge in [-0.25, -0.2) is 4.98 Å². The van der Waals surface area contributed by atoms with Crippen LogP contribution in [0.25, 0.3) is 21.3 Å². The van der Waals surface area contributed by atoms with Crippen LogP contribution in [0.5, 0.6) is 5.75 Å². The van der Waals surface area contributed by atoms with Gasteiger partial charge in [0, 0.05) is 61.9 Å². The number of carbonyl (C=O) groups is 4. The van der Waals surface area contributed by atoms with Crippen LogP contribution < -0.4 is 16.0 Å². The number of aliphatic hydroxyl groups is 1. The van der Waals surface area contributed by atoms with E-state index in [2.05, 4.69) is 30.9 Å². The molecule has 14 heteroatoms. The number of likely N-dealkylation sites (tertiary alicyclic amines) is 1. The lowest BCUT2D eigenvalue weighted by molar-refractivity contribution is -0.144. The number of aromatic nitrogens is 3. The Hall–Kier alpha value is -5.73. The van der Waals surface area contributed by atoms with Crippen LogP contribution in [0.3, 0.4) is 0 Å². The number of hydrogen-bond acceptors (Lipinski definition) is 10. The Labute approximate surface area is 348 Å². The van der Waals surface area contributed by atoms with Crippen molar-refractivity contribution in [2.24, 2.45) is 5.41 Å². The zero-order valence-electron chi connectivity index (χ0n) is 34.2. The molecule has 13 nitrogen and oxygen atoms in total. The van der Waals surface area contributed by atoms with Gasteiger partial charge in [0.2, 0.25) is 23.6 Å². The van der Waals surface area contributed by atoms with Crippen molar-refractivity contribution in [1.82, 2.24) is 35.8 Å². The maximum atomic E-state index is 14.0. The molecule has 1 saturated heterocycles. The summed E-state index contributed by atoms with van der Waals surface area (Å²) in [4.78, 5) is 69.4. The fourth-order valence-corrected chi connectivity index (χ4v) is 8.34. The molecule has 1 fully saturated rings. The highest BCUT2D eigenvalue weighted by molar-refractivity contribution is 7.13. The fraction of sp³-hybridized carbons (Fsp3) is 0.400. The summed E-state index contributed by atoms with van der Waals surface area (Å²) in [6.07, 6.45) is 6.09. The first kappa shape index (κ1) is 42.9. The van der Waals surface area contributed by atoms with Crippen LogP contribution in [0.15, 0.2) is 78.7 Å². The number of aryl methyl sites for hydroxylation is 2. The predicted octanol–water partition coefficient (Wildman–Crippen LogP) is 6.04. The zero-order chi connectivity index (χ0) is 42.3. The van der Waals surface area contributed by atoms with Crippen LogP contribution in [0.4, 0.5) is 0 Å². The normalized spacial score (nSPS) is 16.4. The first-order chi connectivity index (χ1) is 28.2. The van der Waals surface area contributed by atoms with Crippen molar-refractivity contribution >= 4 is 45.9 Å². The number of carbonyl (C=O) groups excluding carboxylic acids is 4. The SMILES string of the molecule is Cc1ncsc1-c1ccc(CNC(=O)[C@H]2C[C@H](O)CN2C(=O)[C@H](NC(=O)CCCCCC(=O)NC(c2cccnc2)c2cc(C)c3cccnc3c2O)C(C)(C)C)cc1. The van der Waals surface area contributed by atoms with Gasteiger partial charge in [-0.05, 0) is 72.6 Å². The number of aromatic hydroxyl groups is 1. The molecule has 0 radical (unpaired) electrons. The molecule has 310 valence electrons. The number of rotatable bonds is 15. The van der Waals surface area contributed by atoms with E-state index < -0.39 is 35.6 Å². The molecular formula is C45H53N7O6S. The molecule has 6 rings (SSSR count). The van der Waals surface area contributed by atoms with E-state index in [-0.39, 0.29) is 55.8 Å². The molecular weight excluding hydrogens is 767 g/mol. The Balaban J connectivity index is 0.998. The molecule has 0 bridgehead atoms. The highest BCUT2D eigenvalue weighted by atomic mass is 32.1. The van der Waals surface area contributed by atoms with Gasteiger partial charge in [-0.2, -0.15) is 0 Å². The lowest BCUT2D eigenvalue weighted by atomic mass is 9.85. The summed E-state index contributed by atoms with van der Waals surface area (Å²) in [5, 5.41) is 31.6. The number of fused-ring (bicyclic) bond motifs is 1. The Bertz CT molecular complexity index is 2270. The van der Waals surface area contributed by atoms with E-state index in [1.807, 2.05) is 88.7 Å². The maximum absolute atomic E-state index is 14.0. The van der Waals surface area contributed by atoms with Crippen LogP contribution in [0, 0.1) is 19.3 Å². The largest absolute Gasteiger partial charge is 0.505 e. The van der Waals surface area contributed by atoms with E-state index in [1.165, 1.54) is 4.90 Å². The van der Waals surface area contributed by atoms with Gasteiger partial charge in [0.15, 0.2) is 0 Å². The number of phenols is 1. The third-order valence-electron chi connectivity index (χ3n) is 10.8. The van der Waals surface area contributed by atoms with Crippen LogP contribution in [0.1, 0.15) is 93.3 Å². The van der Waals surface area contributed by atoms with Gasteiger partial charge in [0.25, 0.3) is 0 Å². The molecule has 1 aliphatic rings. The maximum Gasteiger partial charge on any atom is 0.246 e. The molecule has 4 amide bonds. The first-order valence-electron chi connectivity index (χ1n) is 20.0. The number of nitrogens with zero attached hydrogens (tertiary/aromatic N) is 4. The van der Waals surface area contributed by atoms with Crippen LogP contribution in [-0.4, -0.2) is 78.4 Å². The summed E-state index contributed by atoms with van der Waals surface area (Å²) >= 11 is 1.57. The number of benzene rings is 2. The fourth-order valence-electron chi connectivity index (χ4n) is 7.53. The van der Waals surface area contributed by atoms with Crippen molar-refractivity contribution in [1.29, 1.82) is 0 Å². The van der Waals surface area contributed by atoms with E-state index in [0.717, 1.165) is 32.6 Å². The molecule has 2 aromatic carbocycles. The third-order valence-corrected chi connectivity index (χ3v) is 11.7. The summed E-state index contributed by atoms with van der Waals surface area (Å²) in [6.45, 7) is 9.69. The van der Waals surface area contributed by atoms with Crippen molar-refractivity contribution in [2.45, 2.75) is 104 Å². The molecule has 59 heavy (non-hydrogen) atoms. The van der Waals surface area contributed by atoms with Gasteiger partial charge in [-0.15, -0.1) is 11.3 Å². The highest BCUT2D eigenvalue weighted by Crippen LogP contribution is 2.36. The van der Waals surface area contributed by atoms with E-state index in [9.17, 15) is 29.4 Å². The Kier molecular flexibility index (Phi) is 13.7. The Morgan fingerprint density at radius 1 is 0.932 bits per heavy atom. The summed E-state index contributed by atoms with van der Waals surface area (Å²) in [5.41, 5.74) is 6.64. The Morgan fingerprint density at radius 2 is 1.64 bits per heavy atom. The van der Waals surface area contributed by atoms with Gasteiger partial charge >= 0.3 is 0 Å². The van der Waals surface area contributed by atoms with Crippen molar-refractivity contribution in [3.8, 4) is 16.2 Å². The standard InChI is InChI=1S/C45H53N7O6S/c1-27-21-34(40(56)39-33(27)12-10-20-47-39)38(31-11-9-19-46-24-31)50-36(54)13-7-6-8-14-37(55)51-42(45(3,4)5)44(58)52-25-32(53)22-35(52)43(57)48-23-29-15-17-30(18-16-29)41-28(2)49-26-59-41/h9-12,15-21,24,26,32,35,38,42,53,56H,6-8,13-14,22-23,25H2,1-5H3,(H,48,57)(H,50,54)(H,51,55)/t32-,35+,38?,42-/m0/s1. The number of nitrogens with one attached hydrogen (secondary N) is 3. The Morgan fingerprint density at radius 3 is 2.31 bits per heavy atom. The minimum atomic E-state index is -0.932. The molecule has 5 N–H and O–H groups in total. The highest BCUT2D eigenvalue weighted by Gasteiger charge is 2.44. The number of thiazole rings is 1. The second-order valence-electron chi connectivity index (χ2n) is 16.3. The monoisotopic (exact) mass is 819 g/mol. The third kappa shape index (κ3) is 10.5. The molecule has 4 atom stereocenters. The minimum absolute atomic E-state index is 0.00152. The summed E-state index contributed by atoms with van der Waals surface area (Å²) in [5.74, 6) is -1.32. The number of unbranched alkanes of at least 4 members (excludes halogenated alkanes) is 2. The van der Waals surface area contributed by atoms with Gasteiger partial charge in [0.1, 0.15) is 23.3 Å². The molecule has 3 aromatic heterocycles. The number of aliphatic hydroxyl groups excluding tert-OH is 1. The molecule has 0 saturated carbocycles. The van der Waals surface area contributed by atoms with E-state index >= 15 is 0 Å². The van der Waals surface area contributed by atoms with Crippen LogP contribution in [0.2, 0.25) is 0 Å². The molecule has 0 spiro atoms. The van der Waals surface area contributed by atoms with Crippen molar-refractivity contribution in [3.05, 3.63) is 107 Å². The van der Waals surface area contributed by atoms with Gasteiger partial charge in [-0.1, -0.05) is 63.6 Å².